The third kappa shape index (κ3) is 1.17. The van der Waals surface area contributed by atoms with Crippen LogP contribution in [0.2, 0.25) is 0 Å². The molecule has 0 amide bonds. The van der Waals surface area contributed by atoms with Crippen molar-refractivity contribution in [2.75, 3.05) is 0 Å². The van der Waals surface area contributed by atoms with Crippen LogP contribution in [0.3, 0.4) is 0 Å². The molecular weight excluding hydrogens is 182 g/mol. The molecular formula is C14H9N. The quantitative estimate of drug-likeness (QED) is 0.605. The third-order valence-corrected chi connectivity index (χ3v) is 2.60. The Kier molecular flexibility index (Phi) is 1.65. The number of H-pyrrole nitrogens is 1. The predicted octanol–water partition coefficient (Wildman–Crippen LogP) is 3.56. The second-order valence-electron chi connectivity index (χ2n) is 3.51. The minimum atomic E-state index is 0.979. The van der Waals surface area contributed by atoms with Gasteiger partial charge in [0.25, 0.3) is 0 Å². The van der Waals surface area contributed by atoms with Gasteiger partial charge in [-0.3, -0.25) is 0 Å². The maximum Gasteiger partial charge on any atom is 0.0552 e. The maximum atomic E-state index is 3.74. The molecule has 0 bridgehead atoms. The van der Waals surface area contributed by atoms with Gasteiger partial charge in [-0.05, 0) is 17.7 Å². The van der Waals surface area contributed by atoms with Gasteiger partial charge in [0.05, 0.1) is 5.52 Å². The van der Waals surface area contributed by atoms with Gasteiger partial charge in [0.2, 0.25) is 0 Å². The van der Waals surface area contributed by atoms with Crippen molar-refractivity contribution in [2.24, 2.45) is 0 Å². The largest absolute Gasteiger partial charge is 0.354 e. The predicted molar refractivity (Wildman–Crippen MR) is 63.6 cm³/mol. The van der Waals surface area contributed by atoms with E-state index < -0.39 is 0 Å². The van der Waals surface area contributed by atoms with Crippen LogP contribution < -0.4 is 0 Å². The first-order valence-electron chi connectivity index (χ1n) is 4.85. The summed E-state index contributed by atoms with van der Waals surface area (Å²) in [6.07, 6.45) is 1.79. The Morgan fingerprint density at radius 2 is 2.00 bits per heavy atom. The highest BCUT2D eigenvalue weighted by atomic mass is 14.7. The first-order chi connectivity index (χ1) is 7.38. The molecule has 0 unspecified atom stereocenters. The molecule has 1 aromatic heterocycles. The van der Waals surface area contributed by atoms with Gasteiger partial charge >= 0.3 is 0 Å². The van der Waals surface area contributed by atoms with Crippen LogP contribution in [-0.2, 0) is 0 Å². The van der Waals surface area contributed by atoms with Crippen molar-refractivity contribution < 1.29 is 0 Å². The molecule has 0 aliphatic heterocycles. The van der Waals surface area contributed by atoms with Crippen molar-refractivity contribution in [3.05, 3.63) is 54.6 Å². The Morgan fingerprint density at radius 1 is 1.13 bits per heavy atom. The molecule has 2 radical (unpaired) electrons. The minimum Gasteiger partial charge on any atom is -0.354 e. The zero-order chi connectivity index (χ0) is 10.3. The number of hydrogen-bond acceptors (Lipinski definition) is 0. The van der Waals surface area contributed by atoms with Gasteiger partial charge in [-0.1, -0.05) is 30.9 Å². The SMILES string of the molecule is C=Cc1[c][c]c2[nH]c3ccccc3c2c1. The number of aromatic nitrogens is 1. The lowest BCUT2D eigenvalue weighted by Gasteiger charge is -1.92. The summed E-state index contributed by atoms with van der Waals surface area (Å²) in [7, 11) is 0. The molecule has 3 rings (SSSR count). The molecule has 1 nitrogen and oxygen atoms in total. The molecule has 0 aliphatic rings. The lowest BCUT2D eigenvalue weighted by atomic mass is 10.1. The molecule has 15 heavy (non-hydrogen) atoms. The summed E-state index contributed by atoms with van der Waals surface area (Å²) in [5.41, 5.74) is 3.12. The average molecular weight is 191 g/mol. The Bertz CT molecular complexity index is 647. The summed E-state index contributed by atoms with van der Waals surface area (Å²) in [5, 5.41) is 2.40. The Labute approximate surface area is 88.0 Å². The number of aromatic amines is 1. The van der Waals surface area contributed by atoms with Crippen LogP contribution in [0, 0.1) is 12.1 Å². The van der Waals surface area contributed by atoms with Crippen LogP contribution in [-0.4, -0.2) is 4.98 Å². The van der Waals surface area contributed by atoms with E-state index in [1.807, 2.05) is 12.1 Å². The van der Waals surface area contributed by atoms with Gasteiger partial charge in [-0.15, -0.1) is 0 Å². The van der Waals surface area contributed by atoms with E-state index in [-0.39, 0.29) is 0 Å². The van der Waals surface area contributed by atoms with Crippen molar-refractivity contribution in [3.8, 4) is 0 Å². The number of para-hydroxylation sites is 1. The van der Waals surface area contributed by atoms with Gasteiger partial charge in [-0.2, -0.15) is 0 Å². The molecule has 2 aromatic carbocycles. The van der Waals surface area contributed by atoms with Gasteiger partial charge in [0.1, 0.15) is 0 Å². The van der Waals surface area contributed by atoms with Crippen LogP contribution in [0.15, 0.2) is 36.9 Å². The summed E-state index contributed by atoms with van der Waals surface area (Å²) in [6.45, 7) is 3.74. The molecule has 3 aromatic rings. The molecule has 70 valence electrons. The fourth-order valence-electron chi connectivity index (χ4n) is 1.85. The Balaban J connectivity index is 2.51. The lowest BCUT2D eigenvalue weighted by Crippen LogP contribution is -1.72. The summed E-state index contributed by atoms with van der Waals surface area (Å²) in [4.78, 5) is 3.31. The monoisotopic (exact) mass is 191 g/mol. The fraction of sp³-hybridized carbons (Fsp3) is 0. The van der Waals surface area contributed by atoms with E-state index in [0.29, 0.717) is 0 Å². The van der Waals surface area contributed by atoms with Crippen molar-refractivity contribution in [1.29, 1.82) is 0 Å². The van der Waals surface area contributed by atoms with Crippen LogP contribution in [0.1, 0.15) is 5.56 Å². The smallest absolute Gasteiger partial charge is 0.0552 e. The van der Waals surface area contributed by atoms with E-state index in [2.05, 4.69) is 41.9 Å². The topological polar surface area (TPSA) is 15.8 Å². The lowest BCUT2D eigenvalue weighted by molar-refractivity contribution is 1.53. The summed E-state index contributed by atoms with van der Waals surface area (Å²) < 4.78 is 0. The first-order valence-corrected chi connectivity index (χ1v) is 4.85. The zero-order valence-electron chi connectivity index (χ0n) is 8.17. The summed E-state index contributed by atoms with van der Waals surface area (Å²) in [5.74, 6) is 0. The van der Waals surface area contributed by atoms with E-state index in [0.717, 1.165) is 16.6 Å². The standard InChI is InChI=1S/C14H9N/c1-2-10-7-8-14-12(9-10)11-5-3-4-6-13(11)15-14/h2-6,9,15H,1H2. The summed E-state index contributed by atoms with van der Waals surface area (Å²) >= 11 is 0. The molecule has 0 atom stereocenters. The van der Waals surface area contributed by atoms with E-state index in [9.17, 15) is 0 Å². The van der Waals surface area contributed by atoms with Crippen LogP contribution in [0.25, 0.3) is 27.9 Å². The van der Waals surface area contributed by atoms with Crippen molar-refractivity contribution in [1.82, 2.24) is 4.98 Å². The molecule has 0 saturated carbocycles. The third-order valence-electron chi connectivity index (χ3n) is 2.60. The second-order valence-corrected chi connectivity index (χ2v) is 3.51. The number of nitrogens with one attached hydrogen (secondary N) is 1. The van der Waals surface area contributed by atoms with Crippen molar-refractivity contribution in [3.63, 3.8) is 0 Å². The van der Waals surface area contributed by atoms with Gasteiger partial charge in [0.15, 0.2) is 0 Å². The Hall–Kier alpha value is -2.02. The molecule has 0 fully saturated rings. The van der Waals surface area contributed by atoms with Gasteiger partial charge < -0.3 is 4.98 Å². The molecule has 1 N–H and O–H groups in total. The highest BCUT2D eigenvalue weighted by Crippen LogP contribution is 2.25. The van der Waals surface area contributed by atoms with Crippen LogP contribution >= 0.6 is 0 Å². The molecule has 1 heterocycles. The van der Waals surface area contributed by atoms with E-state index in [4.69, 9.17) is 0 Å². The molecule has 0 spiro atoms. The normalized spacial score (nSPS) is 10.9. The minimum absolute atomic E-state index is 0.979. The average Bonchev–Trinajstić information content (AvgIpc) is 2.66. The maximum absolute atomic E-state index is 3.74. The molecule has 0 saturated heterocycles. The van der Waals surface area contributed by atoms with E-state index in [1.54, 1.807) is 6.08 Å². The molecule has 1 heteroatoms. The highest BCUT2D eigenvalue weighted by molar-refractivity contribution is 6.07. The van der Waals surface area contributed by atoms with Crippen molar-refractivity contribution in [2.45, 2.75) is 0 Å². The first kappa shape index (κ1) is 8.30. The van der Waals surface area contributed by atoms with E-state index >= 15 is 0 Å². The van der Waals surface area contributed by atoms with Crippen LogP contribution in [0.5, 0.6) is 0 Å². The zero-order valence-corrected chi connectivity index (χ0v) is 8.17. The number of hydrogen-bond donors (Lipinski definition) is 1. The fourth-order valence-corrected chi connectivity index (χ4v) is 1.85. The number of fused-ring (bicyclic) bond motifs is 3. The van der Waals surface area contributed by atoms with Crippen LogP contribution in [0.4, 0.5) is 0 Å². The number of benzene rings is 2. The summed E-state index contributed by atoms with van der Waals surface area (Å²) in [6, 6.07) is 16.5. The van der Waals surface area contributed by atoms with Gasteiger partial charge in [0, 0.05) is 28.4 Å². The molecule has 0 aliphatic carbocycles. The van der Waals surface area contributed by atoms with E-state index in [1.165, 1.54) is 10.8 Å². The van der Waals surface area contributed by atoms with Gasteiger partial charge in [-0.25, -0.2) is 0 Å². The second kappa shape index (κ2) is 2.99. The Morgan fingerprint density at radius 3 is 2.87 bits per heavy atom. The highest BCUT2D eigenvalue weighted by Gasteiger charge is 2.03. The number of rotatable bonds is 1. The van der Waals surface area contributed by atoms with Crippen molar-refractivity contribution >= 4 is 27.9 Å².